The molecule has 2 heterocycles. The fourth-order valence-electron chi connectivity index (χ4n) is 1.70. The predicted molar refractivity (Wildman–Crippen MR) is 42.1 cm³/mol. The van der Waals surface area contributed by atoms with Gasteiger partial charge in [0, 0.05) is 6.42 Å². The van der Waals surface area contributed by atoms with Crippen LogP contribution in [-0.4, -0.2) is 29.8 Å². The molecule has 1 aliphatic rings. The molecule has 1 atom stereocenters. The molecule has 1 aliphatic heterocycles. The van der Waals surface area contributed by atoms with E-state index in [1.54, 1.807) is 0 Å². The normalized spacial score (nSPS) is 21.2. The van der Waals surface area contributed by atoms with Crippen LogP contribution in [0.2, 0.25) is 0 Å². The van der Waals surface area contributed by atoms with Crippen molar-refractivity contribution in [3.05, 3.63) is 17.0 Å². The first-order valence-corrected chi connectivity index (χ1v) is 4.27. The summed E-state index contributed by atoms with van der Waals surface area (Å²) >= 11 is 0. The molecule has 0 radical (unpaired) electrons. The molecule has 0 spiro atoms. The van der Waals surface area contributed by atoms with Gasteiger partial charge in [-0.05, 0) is 0 Å². The number of aromatic carboxylic acids is 1. The van der Waals surface area contributed by atoms with Gasteiger partial charge in [0.1, 0.15) is 12.2 Å². The van der Waals surface area contributed by atoms with Crippen LogP contribution in [0, 0.1) is 0 Å². The lowest BCUT2D eigenvalue weighted by atomic mass is 10.1. The first-order chi connectivity index (χ1) is 6.18. The van der Waals surface area contributed by atoms with Gasteiger partial charge in [-0.15, -0.1) is 0 Å². The summed E-state index contributed by atoms with van der Waals surface area (Å²) in [4.78, 5) is 11.9. The van der Waals surface area contributed by atoms with Gasteiger partial charge >= 0.3 is 0 Å². The first-order valence-electron chi connectivity index (χ1n) is 4.27. The van der Waals surface area contributed by atoms with Crippen molar-refractivity contribution in [1.29, 1.82) is 0 Å². The third kappa shape index (κ3) is 1.31. The molecule has 0 saturated heterocycles. The Morgan fingerprint density at radius 3 is 3.15 bits per heavy atom. The van der Waals surface area contributed by atoms with Crippen LogP contribution < -0.4 is 10.0 Å². The number of nitrogens with zero attached hydrogens (tertiary/aromatic N) is 1. The molecule has 13 heavy (non-hydrogen) atoms. The minimum Gasteiger partial charge on any atom is -0.543 e. The molecule has 0 bridgehead atoms. The lowest BCUT2D eigenvalue weighted by molar-refractivity contribution is -0.895. The largest absolute Gasteiger partial charge is 0.543 e. The molecule has 1 unspecified atom stereocenters. The summed E-state index contributed by atoms with van der Waals surface area (Å²) in [6.07, 6.45) is 0.863. The summed E-state index contributed by atoms with van der Waals surface area (Å²) in [6.45, 7) is 1.73. The van der Waals surface area contributed by atoms with E-state index in [-0.39, 0.29) is 5.69 Å². The van der Waals surface area contributed by atoms with E-state index in [0.717, 1.165) is 30.8 Å². The van der Waals surface area contributed by atoms with Gasteiger partial charge in [0.05, 0.1) is 30.8 Å². The molecular formula is C8H11N3O2. The number of aromatic amines is 1. The number of fused-ring (bicyclic) bond motifs is 1. The summed E-state index contributed by atoms with van der Waals surface area (Å²) < 4.78 is 0. The van der Waals surface area contributed by atoms with Crippen molar-refractivity contribution in [2.24, 2.45) is 0 Å². The van der Waals surface area contributed by atoms with Gasteiger partial charge in [0.25, 0.3) is 0 Å². The number of carboxylic acids is 1. The topological polar surface area (TPSA) is 73.2 Å². The first kappa shape index (κ1) is 8.25. The number of quaternary nitrogens is 1. The van der Waals surface area contributed by atoms with Gasteiger partial charge in [0.15, 0.2) is 0 Å². The molecule has 0 amide bonds. The van der Waals surface area contributed by atoms with Crippen molar-refractivity contribution >= 4 is 5.97 Å². The Hall–Kier alpha value is -1.36. The van der Waals surface area contributed by atoms with Crippen molar-refractivity contribution in [2.45, 2.75) is 13.0 Å². The average molecular weight is 181 g/mol. The third-order valence-corrected chi connectivity index (χ3v) is 2.43. The van der Waals surface area contributed by atoms with Crippen molar-refractivity contribution in [3.63, 3.8) is 0 Å². The number of hydrogen-bond acceptors (Lipinski definition) is 3. The molecule has 2 N–H and O–H groups in total. The van der Waals surface area contributed by atoms with Crippen LogP contribution in [0.5, 0.6) is 0 Å². The van der Waals surface area contributed by atoms with Gasteiger partial charge in [-0.1, -0.05) is 0 Å². The number of hydrogen-bond donors (Lipinski definition) is 2. The lowest BCUT2D eigenvalue weighted by Crippen LogP contribution is -3.08. The second-order valence-corrected chi connectivity index (χ2v) is 3.45. The summed E-state index contributed by atoms with van der Waals surface area (Å²) in [5.41, 5.74) is 1.84. The van der Waals surface area contributed by atoms with E-state index in [9.17, 15) is 9.90 Å². The van der Waals surface area contributed by atoms with Gasteiger partial charge < -0.3 is 14.8 Å². The number of aromatic nitrogens is 2. The molecule has 2 rings (SSSR count). The van der Waals surface area contributed by atoms with Crippen LogP contribution in [-0.2, 0) is 13.0 Å². The molecule has 5 heteroatoms. The maximum atomic E-state index is 10.6. The van der Waals surface area contributed by atoms with Crippen LogP contribution in [0.4, 0.5) is 0 Å². The summed E-state index contributed by atoms with van der Waals surface area (Å²) in [5.74, 6) is -1.19. The van der Waals surface area contributed by atoms with Crippen molar-refractivity contribution in [1.82, 2.24) is 10.2 Å². The van der Waals surface area contributed by atoms with Crippen molar-refractivity contribution < 1.29 is 14.8 Å². The minimum absolute atomic E-state index is 0.0778. The number of H-pyrrole nitrogens is 1. The molecule has 1 aromatic heterocycles. The Kier molecular flexibility index (Phi) is 1.81. The van der Waals surface area contributed by atoms with E-state index in [4.69, 9.17) is 0 Å². The van der Waals surface area contributed by atoms with E-state index in [1.165, 1.54) is 4.90 Å². The minimum atomic E-state index is -1.19. The van der Waals surface area contributed by atoms with E-state index in [1.807, 2.05) is 7.05 Å². The zero-order valence-electron chi connectivity index (χ0n) is 7.39. The molecule has 5 nitrogen and oxygen atoms in total. The summed E-state index contributed by atoms with van der Waals surface area (Å²) in [5, 5.41) is 17.1. The van der Waals surface area contributed by atoms with Crippen LogP contribution >= 0.6 is 0 Å². The molecule has 0 fully saturated rings. The summed E-state index contributed by atoms with van der Waals surface area (Å²) in [6, 6.07) is 0. The van der Waals surface area contributed by atoms with Crippen LogP contribution in [0.25, 0.3) is 0 Å². The van der Waals surface area contributed by atoms with Crippen molar-refractivity contribution in [3.8, 4) is 0 Å². The Morgan fingerprint density at radius 1 is 1.69 bits per heavy atom. The van der Waals surface area contributed by atoms with Gasteiger partial charge in [0.2, 0.25) is 0 Å². The highest BCUT2D eigenvalue weighted by Crippen LogP contribution is 2.11. The average Bonchev–Trinajstić information content (AvgIpc) is 2.46. The van der Waals surface area contributed by atoms with Crippen LogP contribution in [0.1, 0.15) is 21.7 Å². The highest BCUT2D eigenvalue weighted by atomic mass is 16.4. The fourth-order valence-corrected chi connectivity index (χ4v) is 1.70. The number of likely N-dealkylation sites (N-methyl/N-ethyl adjacent to an activating group) is 1. The number of carboxylic acid groups (broad SMARTS) is 1. The summed E-state index contributed by atoms with van der Waals surface area (Å²) in [7, 11) is 2.04. The third-order valence-electron chi connectivity index (χ3n) is 2.43. The molecule has 0 saturated carbocycles. The van der Waals surface area contributed by atoms with Gasteiger partial charge in [-0.25, -0.2) is 0 Å². The number of nitrogens with one attached hydrogen (secondary N) is 2. The Labute approximate surface area is 75.4 Å². The van der Waals surface area contributed by atoms with E-state index < -0.39 is 5.97 Å². The molecular weight excluding hydrogens is 170 g/mol. The standard InChI is InChI=1S/C8H11N3O2/c1-11-3-2-6-5(4-11)7(8(12)13)10-9-6/h2-4H2,1H3,(H,9,10)(H,12,13). The highest BCUT2D eigenvalue weighted by molar-refractivity contribution is 5.85. The van der Waals surface area contributed by atoms with E-state index >= 15 is 0 Å². The number of carbonyl (C=O) groups is 1. The van der Waals surface area contributed by atoms with Gasteiger partial charge in [-0.2, -0.15) is 5.10 Å². The lowest BCUT2D eigenvalue weighted by Gasteiger charge is -2.19. The smallest absolute Gasteiger partial charge is 0.117 e. The van der Waals surface area contributed by atoms with Crippen molar-refractivity contribution in [2.75, 3.05) is 13.6 Å². The number of rotatable bonds is 1. The van der Waals surface area contributed by atoms with E-state index in [0.29, 0.717) is 0 Å². The zero-order valence-corrected chi connectivity index (χ0v) is 7.39. The monoisotopic (exact) mass is 181 g/mol. The van der Waals surface area contributed by atoms with Crippen LogP contribution in [0.3, 0.4) is 0 Å². The fraction of sp³-hybridized carbons (Fsp3) is 0.500. The highest BCUT2D eigenvalue weighted by Gasteiger charge is 2.22. The molecule has 0 aliphatic carbocycles. The molecule has 70 valence electrons. The predicted octanol–water partition coefficient (Wildman–Crippen LogP) is -2.66. The second kappa shape index (κ2) is 2.85. The Balaban J connectivity index is 2.41. The molecule has 1 aromatic rings. The quantitative estimate of drug-likeness (QED) is 0.497. The number of carbonyl (C=O) groups excluding carboxylic acids is 1. The Morgan fingerprint density at radius 2 is 2.46 bits per heavy atom. The zero-order chi connectivity index (χ0) is 9.42. The van der Waals surface area contributed by atoms with Gasteiger partial charge in [-0.3, -0.25) is 5.10 Å². The maximum absolute atomic E-state index is 10.6. The molecule has 0 aromatic carbocycles. The SMILES string of the molecule is C[NH+]1CCc2[nH]nc(C(=O)[O-])c2C1. The maximum Gasteiger partial charge on any atom is 0.117 e. The Bertz CT molecular complexity index is 345. The van der Waals surface area contributed by atoms with E-state index in [2.05, 4.69) is 10.2 Å². The second-order valence-electron chi connectivity index (χ2n) is 3.45. The van der Waals surface area contributed by atoms with Crippen LogP contribution in [0.15, 0.2) is 0 Å².